The van der Waals surface area contributed by atoms with Gasteiger partial charge in [0.05, 0.1) is 27.8 Å². The molecule has 554 valence electrons. The van der Waals surface area contributed by atoms with Gasteiger partial charge in [-0.25, -0.2) is 0 Å². The third-order valence-electron chi connectivity index (χ3n) is 24.8. The van der Waals surface area contributed by atoms with Gasteiger partial charge in [-0.15, -0.1) is 0 Å². The Labute approximate surface area is 662 Å². The topological polar surface area (TPSA) is 11.4 Å². The van der Waals surface area contributed by atoms with Crippen molar-refractivity contribution < 1.29 is 0 Å². The third kappa shape index (κ3) is 12.1. The Kier molecular flexibility index (Phi) is 16.9. The van der Waals surface area contributed by atoms with E-state index in [9.17, 15) is 0 Å². The molecule has 0 N–H and O–H groups in total. The summed E-state index contributed by atoms with van der Waals surface area (Å²) in [5.74, 6) is 0. The Balaban J connectivity index is 1.01. The molecule has 3 nitrogen and oxygen atoms in total. The molecular formula is C107H108BN3. The van der Waals surface area contributed by atoms with Crippen molar-refractivity contribution in [2.45, 2.75) is 189 Å². The lowest BCUT2D eigenvalue weighted by Crippen LogP contribution is -2.61. The fourth-order valence-electron chi connectivity index (χ4n) is 18.3. The van der Waals surface area contributed by atoms with Gasteiger partial charge >= 0.3 is 0 Å². The molecule has 4 heteroatoms. The van der Waals surface area contributed by atoms with E-state index < -0.39 is 5.41 Å². The summed E-state index contributed by atoms with van der Waals surface area (Å²) in [6.07, 6.45) is 0. The predicted molar refractivity (Wildman–Crippen MR) is 479 cm³/mol. The minimum atomic E-state index is -0.624. The first-order valence-electron chi connectivity index (χ1n) is 40.5. The Morgan fingerprint density at radius 2 is 0.685 bits per heavy atom. The number of hydrogen-bond acceptors (Lipinski definition) is 2. The molecule has 2 aliphatic heterocycles. The fourth-order valence-corrected chi connectivity index (χ4v) is 18.3. The van der Waals surface area contributed by atoms with Gasteiger partial charge in [0.15, 0.2) is 0 Å². The molecule has 0 amide bonds. The highest BCUT2D eigenvalue weighted by Crippen LogP contribution is 2.60. The maximum atomic E-state index is 2.72. The first-order valence-corrected chi connectivity index (χ1v) is 40.5. The van der Waals surface area contributed by atoms with E-state index in [2.05, 4.69) is 433 Å². The average Bonchev–Trinajstić information content (AvgIpc) is 1.63. The zero-order valence-corrected chi connectivity index (χ0v) is 69.4. The summed E-state index contributed by atoms with van der Waals surface area (Å²) in [5.41, 5.74) is 37.0. The fraction of sp³-hybridized carbons (Fsp3) is 0.271. The summed E-state index contributed by atoms with van der Waals surface area (Å²) >= 11 is 0. The van der Waals surface area contributed by atoms with Crippen LogP contribution < -0.4 is 26.2 Å². The van der Waals surface area contributed by atoms with Crippen LogP contribution in [0.25, 0.3) is 72.0 Å². The van der Waals surface area contributed by atoms with Crippen molar-refractivity contribution >= 4 is 79.0 Å². The molecule has 3 aliphatic rings. The molecule has 3 heterocycles. The average molecular weight is 1450 g/mol. The maximum absolute atomic E-state index is 2.72. The number of para-hydroxylation sites is 1. The molecule has 1 aromatic heterocycles. The molecule has 13 aromatic carbocycles. The molecule has 0 saturated heterocycles. The lowest BCUT2D eigenvalue weighted by Gasteiger charge is -2.46. The van der Waals surface area contributed by atoms with Crippen molar-refractivity contribution in [2.24, 2.45) is 0 Å². The van der Waals surface area contributed by atoms with Crippen molar-refractivity contribution in [3.63, 3.8) is 0 Å². The zero-order chi connectivity index (χ0) is 78.2. The second-order valence-corrected chi connectivity index (χ2v) is 39.5. The largest absolute Gasteiger partial charge is 0.311 e. The molecule has 111 heavy (non-hydrogen) atoms. The molecule has 0 spiro atoms. The first kappa shape index (κ1) is 73.1. The Bertz CT molecular complexity index is 5960. The van der Waals surface area contributed by atoms with Gasteiger partial charge in [-0.1, -0.05) is 352 Å². The second-order valence-electron chi connectivity index (χ2n) is 39.5. The van der Waals surface area contributed by atoms with Gasteiger partial charge in [-0.2, -0.15) is 0 Å². The Morgan fingerprint density at radius 1 is 0.261 bits per heavy atom. The van der Waals surface area contributed by atoms with Gasteiger partial charge in [-0.3, -0.25) is 0 Å². The van der Waals surface area contributed by atoms with Crippen molar-refractivity contribution in [1.82, 2.24) is 4.57 Å². The summed E-state index contributed by atoms with van der Waals surface area (Å²) in [5, 5.41) is 2.50. The summed E-state index contributed by atoms with van der Waals surface area (Å²) < 4.78 is 2.60. The van der Waals surface area contributed by atoms with Crippen LogP contribution in [0, 0.1) is 0 Å². The number of nitrogens with zero attached hydrogens (tertiary/aromatic N) is 3. The lowest BCUT2D eigenvalue weighted by atomic mass is 9.33. The number of anilines is 6. The van der Waals surface area contributed by atoms with Gasteiger partial charge in [0.2, 0.25) is 0 Å². The van der Waals surface area contributed by atoms with Crippen molar-refractivity contribution in [2.75, 3.05) is 9.80 Å². The van der Waals surface area contributed by atoms with Gasteiger partial charge in [0.25, 0.3) is 6.71 Å². The molecule has 0 radical (unpaired) electrons. The Hall–Kier alpha value is -10.7. The smallest absolute Gasteiger partial charge is 0.252 e. The van der Waals surface area contributed by atoms with Crippen LogP contribution in [-0.2, 0) is 43.3 Å². The summed E-state index contributed by atoms with van der Waals surface area (Å²) in [6.45, 7) is 49.3. The highest BCUT2D eigenvalue weighted by atomic mass is 15.2. The van der Waals surface area contributed by atoms with E-state index in [4.69, 9.17) is 0 Å². The van der Waals surface area contributed by atoms with Crippen molar-refractivity contribution in [3.05, 3.63) is 334 Å². The quantitative estimate of drug-likeness (QED) is 0.141. The van der Waals surface area contributed by atoms with E-state index in [1.165, 1.54) is 161 Å². The maximum Gasteiger partial charge on any atom is 0.252 e. The van der Waals surface area contributed by atoms with Gasteiger partial charge in [0.1, 0.15) is 0 Å². The SMILES string of the molecule is CC(C)(C)c1ccc(-c2cc(C(C)(C)C)ccc2N2c3cc(-c4cc(C(C)(C)C)cc(C(C)(C)C)c4)ccc3B3c4ccc(-n5c6ccccc6c6c7c(ccc65)-c5ccccc5C7(c5ccccc5)c5ccccc5)cc4N(c4ccc(C(C)(C)C)cc4-c4ccc(C(C)(C)C)cc4)c4cc(C(C)(C)C)cc2c43)cc1. The molecule has 0 bridgehead atoms. The standard InChI is InChI=1S/C107H108BN3/c1-100(2,3)71-45-40-67(41-46-71)84-62-75(102(7,8)9)49-55-90(84)110-93-60-69(70-58-77(104(13,14)15)61-78(59-70)105(16,17)18)44-53-87(93)108-88-54-51-80(66-94(88)111(96-65-79(106(19,20)21)64-95(110)99(96)108)91-56-50-76(103(10,11)12)63-85(91)68-42-47-72(48-43-68)101(4,5)6)109-89-39-31-29-37-83(89)97-92(109)57-52-82-81-36-28-30-38-86(81)107(98(82)97,73-32-24-22-25-33-73)74-34-26-23-27-35-74/h22-66H,1-21H3. The normalized spacial score (nSPS) is 14.2. The third-order valence-corrected chi connectivity index (χ3v) is 24.8. The predicted octanol–water partition coefficient (Wildman–Crippen LogP) is 27.3. The number of benzene rings is 13. The molecule has 17 rings (SSSR count). The van der Waals surface area contributed by atoms with Crippen LogP contribution in [0.1, 0.15) is 207 Å². The van der Waals surface area contributed by atoms with Crippen LogP contribution in [0.5, 0.6) is 0 Å². The number of fused-ring (bicyclic) bond motifs is 11. The van der Waals surface area contributed by atoms with E-state index in [1.807, 2.05) is 0 Å². The van der Waals surface area contributed by atoms with Crippen molar-refractivity contribution in [3.8, 4) is 50.2 Å². The van der Waals surface area contributed by atoms with Crippen LogP contribution in [-0.4, -0.2) is 11.3 Å². The van der Waals surface area contributed by atoms with E-state index in [1.54, 1.807) is 0 Å². The minimum Gasteiger partial charge on any atom is -0.311 e. The first-order chi connectivity index (χ1) is 52.5. The zero-order valence-electron chi connectivity index (χ0n) is 69.4. The van der Waals surface area contributed by atoms with E-state index >= 15 is 0 Å². The molecule has 1 aliphatic carbocycles. The number of aromatic nitrogens is 1. The van der Waals surface area contributed by atoms with Gasteiger partial charge < -0.3 is 14.4 Å². The van der Waals surface area contributed by atoms with Crippen LogP contribution in [0.4, 0.5) is 34.1 Å². The summed E-state index contributed by atoms with van der Waals surface area (Å²) in [4.78, 5) is 5.44. The summed E-state index contributed by atoms with van der Waals surface area (Å²) in [6, 6.07) is 108. The van der Waals surface area contributed by atoms with Crippen molar-refractivity contribution in [1.29, 1.82) is 0 Å². The highest BCUT2D eigenvalue weighted by Gasteiger charge is 2.49. The van der Waals surface area contributed by atoms with E-state index in [0.717, 1.165) is 22.7 Å². The molecule has 14 aromatic rings. The monoisotopic (exact) mass is 1450 g/mol. The second kappa shape index (κ2) is 25.7. The van der Waals surface area contributed by atoms with Gasteiger partial charge in [0, 0.05) is 50.3 Å². The minimum absolute atomic E-state index is 0.0178. The lowest BCUT2D eigenvalue weighted by molar-refractivity contribution is 0.569. The van der Waals surface area contributed by atoms with E-state index in [0.29, 0.717) is 0 Å². The Morgan fingerprint density at radius 3 is 1.18 bits per heavy atom. The van der Waals surface area contributed by atoms with Crippen LogP contribution in [0.15, 0.2) is 273 Å². The van der Waals surface area contributed by atoms with Crippen LogP contribution >= 0.6 is 0 Å². The van der Waals surface area contributed by atoms with E-state index in [-0.39, 0.29) is 44.6 Å². The molecule has 0 saturated carbocycles. The molecular weight excluding hydrogens is 1340 g/mol. The number of hydrogen-bond donors (Lipinski definition) is 0. The number of rotatable bonds is 8. The molecule has 0 fully saturated rings. The van der Waals surface area contributed by atoms with Crippen LogP contribution in [0.3, 0.4) is 0 Å². The summed E-state index contributed by atoms with van der Waals surface area (Å²) in [7, 11) is 0. The molecule has 0 atom stereocenters. The molecule has 0 unspecified atom stereocenters. The highest BCUT2D eigenvalue weighted by molar-refractivity contribution is 7.00. The van der Waals surface area contributed by atoms with Gasteiger partial charge in [-0.05, 0) is 216 Å². The van der Waals surface area contributed by atoms with Crippen LogP contribution in [0.2, 0.25) is 0 Å².